The zero-order valence-corrected chi connectivity index (χ0v) is 20.6. The molecule has 6 nitrogen and oxygen atoms in total. The minimum atomic E-state index is -4.74. The summed E-state index contributed by atoms with van der Waals surface area (Å²) in [4.78, 5) is 6.76. The smallest absolute Gasteiger partial charge is 0.268 e. The van der Waals surface area contributed by atoms with Crippen LogP contribution in [0.1, 0.15) is 44.9 Å². The van der Waals surface area contributed by atoms with Gasteiger partial charge in [0.1, 0.15) is 16.7 Å². The van der Waals surface area contributed by atoms with E-state index in [0.717, 1.165) is 37.9 Å². The monoisotopic (exact) mass is 526 g/mol. The predicted molar refractivity (Wildman–Crippen MR) is 127 cm³/mol. The van der Waals surface area contributed by atoms with Crippen LogP contribution in [-0.2, 0) is 10.0 Å². The highest BCUT2D eigenvalue weighted by Crippen LogP contribution is 2.59. The Hall–Kier alpha value is -2.04. The quantitative estimate of drug-likeness (QED) is 0.441. The number of aromatic nitrogens is 1. The van der Waals surface area contributed by atoms with Crippen molar-refractivity contribution in [1.82, 2.24) is 9.88 Å². The fourth-order valence-corrected chi connectivity index (χ4v) is 8.04. The summed E-state index contributed by atoms with van der Waals surface area (Å²) in [5.41, 5.74) is 0.626. The first kappa shape index (κ1) is 23.4. The van der Waals surface area contributed by atoms with Gasteiger partial charge in [-0.2, -0.15) is 4.39 Å². The van der Waals surface area contributed by atoms with E-state index in [-0.39, 0.29) is 11.1 Å². The van der Waals surface area contributed by atoms with Gasteiger partial charge >= 0.3 is 0 Å². The summed E-state index contributed by atoms with van der Waals surface area (Å²) in [5.74, 6) is -3.95. The molecule has 4 aliphatic rings. The van der Waals surface area contributed by atoms with E-state index in [2.05, 4.69) is 9.88 Å². The Balaban J connectivity index is 1.26. The Bertz CT molecular complexity index is 1310. The molecule has 11 heteroatoms. The molecule has 0 bridgehead atoms. The van der Waals surface area contributed by atoms with Crippen LogP contribution in [0, 0.1) is 23.0 Å². The van der Waals surface area contributed by atoms with Crippen molar-refractivity contribution in [3.05, 3.63) is 46.9 Å². The number of rotatable bonds is 5. The van der Waals surface area contributed by atoms with E-state index < -0.39 is 43.3 Å². The second kappa shape index (κ2) is 7.98. The Kier molecular flexibility index (Phi) is 5.33. The van der Waals surface area contributed by atoms with Gasteiger partial charge in [-0.05, 0) is 63.6 Å². The highest BCUT2D eigenvalue weighted by atomic mass is 35.5. The second-order valence-corrected chi connectivity index (χ2v) is 12.4. The molecule has 188 valence electrons. The van der Waals surface area contributed by atoms with Gasteiger partial charge in [0.15, 0.2) is 10.7 Å². The summed E-state index contributed by atoms with van der Waals surface area (Å²) in [6.45, 7) is 2.37. The van der Waals surface area contributed by atoms with Crippen LogP contribution in [0.2, 0.25) is 5.02 Å². The van der Waals surface area contributed by atoms with Crippen LogP contribution in [-0.4, -0.2) is 49.5 Å². The Morgan fingerprint density at radius 3 is 2.57 bits per heavy atom. The zero-order chi connectivity index (χ0) is 24.6. The molecule has 2 aromatic rings. The molecule has 2 atom stereocenters. The lowest BCUT2D eigenvalue weighted by molar-refractivity contribution is -0.0251. The van der Waals surface area contributed by atoms with Crippen molar-refractivity contribution in [2.75, 3.05) is 29.3 Å². The maximum absolute atomic E-state index is 15.3. The van der Waals surface area contributed by atoms with Gasteiger partial charge in [0, 0.05) is 36.2 Å². The topological polar surface area (TPSA) is 65.5 Å². The largest absolute Gasteiger partial charge is 0.370 e. The SMILES string of the molecule is O=S(=O)(Nc1cccc(F)n1)c1c(F)cc(N2CCC3(CCC3N3CCCC34CC4)C2)c(Cl)c1F. The summed E-state index contributed by atoms with van der Waals surface area (Å²) in [7, 11) is -4.74. The van der Waals surface area contributed by atoms with Crippen molar-refractivity contribution >= 4 is 33.1 Å². The van der Waals surface area contributed by atoms with Crippen molar-refractivity contribution in [2.24, 2.45) is 5.41 Å². The summed E-state index contributed by atoms with van der Waals surface area (Å²) in [5, 5.41) is -0.438. The molecular formula is C24H26ClF3N4O2S. The van der Waals surface area contributed by atoms with Gasteiger partial charge in [-0.1, -0.05) is 17.7 Å². The molecule has 2 spiro atoms. The van der Waals surface area contributed by atoms with Gasteiger partial charge in [-0.25, -0.2) is 22.2 Å². The Labute approximate surface area is 207 Å². The lowest BCUT2D eigenvalue weighted by atomic mass is 9.63. The van der Waals surface area contributed by atoms with Crippen molar-refractivity contribution < 1.29 is 21.6 Å². The van der Waals surface area contributed by atoms with Crippen LogP contribution in [0.25, 0.3) is 0 Å². The molecule has 0 radical (unpaired) electrons. The number of anilines is 2. The number of hydrogen-bond acceptors (Lipinski definition) is 5. The van der Waals surface area contributed by atoms with Crippen molar-refractivity contribution in [3.8, 4) is 0 Å². The number of halogens is 4. The molecule has 1 aromatic carbocycles. The first-order valence-electron chi connectivity index (χ1n) is 12.0. The molecule has 6 rings (SSSR count). The number of nitrogens with zero attached hydrogens (tertiary/aromatic N) is 3. The predicted octanol–water partition coefficient (Wildman–Crippen LogP) is 4.94. The fraction of sp³-hybridized carbons (Fsp3) is 0.542. The third kappa shape index (κ3) is 3.71. The minimum Gasteiger partial charge on any atom is -0.370 e. The molecule has 1 aromatic heterocycles. The van der Waals surface area contributed by atoms with E-state index in [9.17, 15) is 12.8 Å². The first-order valence-corrected chi connectivity index (χ1v) is 13.8. The standard InChI is InChI=1S/C24H26ClF3N4O2S/c25-20-16(13-15(26)22(21(20)28)35(33,34)30-19-4-1-3-18(27)29-19)31-12-10-23(14-31)7-5-17(23)32-11-2-6-24(32)8-9-24/h1,3-4,13,17H,2,5-12,14H2,(H,29,30). The highest BCUT2D eigenvalue weighted by Gasteiger charge is 2.61. The van der Waals surface area contributed by atoms with Gasteiger partial charge in [0.05, 0.1) is 5.69 Å². The van der Waals surface area contributed by atoms with E-state index in [1.165, 1.54) is 37.8 Å². The van der Waals surface area contributed by atoms with Crippen LogP contribution in [0.15, 0.2) is 29.2 Å². The van der Waals surface area contributed by atoms with Crippen molar-refractivity contribution in [1.29, 1.82) is 0 Å². The van der Waals surface area contributed by atoms with Gasteiger partial charge < -0.3 is 4.90 Å². The highest BCUT2D eigenvalue weighted by molar-refractivity contribution is 7.92. The summed E-state index contributed by atoms with van der Waals surface area (Å²) in [6.07, 6.45) is 8.15. The third-order valence-corrected chi connectivity index (χ3v) is 10.3. The van der Waals surface area contributed by atoms with Gasteiger partial charge in [-0.3, -0.25) is 9.62 Å². The molecule has 0 amide bonds. The molecule has 2 saturated carbocycles. The average Bonchev–Trinajstić information content (AvgIpc) is 3.22. The Morgan fingerprint density at radius 2 is 1.89 bits per heavy atom. The number of nitrogens with one attached hydrogen (secondary N) is 1. The number of benzene rings is 1. The average molecular weight is 527 g/mol. The van der Waals surface area contributed by atoms with Crippen molar-refractivity contribution in [2.45, 2.75) is 61.4 Å². The number of hydrogen-bond donors (Lipinski definition) is 1. The third-order valence-electron chi connectivity index (χ3n) is 8.52. The second-order valence-electron chi connectivity index (χ2n) is 10.4. The number of pyridine rings is 1. The first-order chi connectivity index (χ1) is 16.6. The lowest BCUT2D eigenvalue weighted by Crippen LogP contribution is -2.58. The summed E-state index contributed by atoms with van der Waals surface area (Å²) >= 11 is 6.30. The van der Waals surface area contributed by atoms with Gasteiger partial charge in [0.2, 0.25) is 5.95 Å². The van der Waals surface area contributed by atoms with Crippen LogP contribution in [0.3, 0.4) is 0 Å². The van der Waals surface area contributed by atoms with E-state index in [1.54, 1.807) is 0 Å². The molecule has 35 heavy (non-hydrogen) atoms. The Morgan fingerprint density at radius 1 is 1.09 bits per heavy atom. The van der Waals surface area contributed by atoms with Crippen molar-refractivity contribution in [3.63, 3.8) is 0 Å². The molecule has 2 saturated heterocycles. The van der Waals surface area contributed by atoms with E-state index >= 15 is 8.78 Å². The summed E-state index contributed by atoms with van der Waals surface area (Å²) < 4.78 is 71.1. The maximum Gasteiger partial charge on any atom is 0.268 e. The van der Waals surface area contributed by atoms with E-state index in [4.69, 9.17) is 11.6 Å². The molecule has 3 heterocycles. The molecule has 2 aliphatic heterocycles. The number of likely N-dealkylation sites (tertiary alicyclic amines) is 1. The number of sulfonamides is 1. The fourth-order valence-electron chi connectivity index (χ4n) is 6.57. The van der Waals surface area contributed by atoms with Gasteiger partial charge in [0.25, 0.3) is 10.0 Å². The van der Waals surface area contributed by atoms with Crippen LogP contribution in [0.5, 0.6) is 0 Å². The van der Waals surface area contributed by atoms with E-state index in [1.807, 2.05) is 9.62 Å². The maximum atomic E-state index is 15.3. The zero-order valence-electron chi connectivity index (χ0n) is 19.0. The molecule has 2 unspecified atom stereocenters. The van der Waals surface area contributed by atoms with Crippen LogP contribution in [0.4, 0.5) is 24.7 Å². The normalized spacial score (nSPS) is 27.5. The minimum absolute atomic E-state index is 0.0750. The molecule has 4 fully saturated rings. The molecule has 2 aliphatic carbocycles. The molecule has 1 N–H and O–H groups in total. The molecular weight excluding hydrogens is 501 g/mol. The lowest BCUT2D eigenvalue weighted by Gasteiger charge is -2.53. The van der Waals surface area contributed by atoms with E-state index in [0.29, 0.717) is 24.7 Å². The van der Waals surface area contributed by atoms with Crippen LogP contribution >= 0.6 is 11.6 Å². The van der Waals surface area contributed by atoms with Crippen LogP contribution < -0.4 is 9.62 Å². The van der Waals surface area contributed by atoms with Gasteiger partial charge in [-0.15, -0.1) is 0 Å². The summed E-state index contributed by atoms with van der Waals surface area (Å²) in [6, 6.07) is 4.90.